The van der Waals surface area contributed by atoms with E-state index in [-0.39, 0.29) is 17.8 Å². The van der Waals surface area contributed by atoms with Crippen LogP contribution in [0.4, 0.5) is 0 Å². The summed E-state index contributed by atoms with van der Waals surface area (Å²) in [7, 11) is 0. The smallest absolute Gasteiger partial charge is 0.223 e. The lowest BCUT2D eigenvalue weighted by Gasteiger charge is -2.26. The number of aromatic nitrogens is 1. The summed E-state index contributed by atoms with van der Waals surface area (Å²) in [4.78, 5) is 18.2. The third-order valence-corrected chi connectivity index (χ3v) is 5.44. The van der Waals surface area contributed by atoms with Crippen molar-refractivity contribution in [1.29, 1.82) is 0 Å². The third kappa shape index (κ3) is 4.20. The van der Waals surface area contributed by atoms with Crippen LogP contribution in [0.2, 0.25) is 0 Å². The van der Waals surface area contributed by atoms with Gasteiger partial charge in [-0.25, -0.2) is 0 Å². The van der Waals surface area contributed by atoms with E-state index in [1.54, 1.807) is 12.1 Å². The minimum Gasteiger partial charge on any atom is -0.508 e. The van der Waals surface area contributed by atoms with Crippen molar-refractivity contribution >= 4 is 16.8 Å². The zero-order valence-electron chi connectivity index (χ0n) is 15.9. The highest BCUT2D eigenvalue weighted by Crippen LogP contribution is 2.23. The summed E-state index contributed by atoms with van der Waals surface area (Å²) in [6.45, 7) is 1.74. The summed E-state index contributed by atoms with van der Waals surface area (Å²) in [6.07, 6.45) is 5.22. The molecule has 3 aromatic rings. The SMILES string of the molecule is O=C(CCc1c[nH]c2ccccc12)N(Cc1ccccc1O)CC1CCCO1. The number of carbonyl (C=O) groups is 1. The molecule has 1 aromatic heterocycles. The lowest BCUT2D eigenvalue weighted by atomic mass is 10.1. The van der Waals surface area contributed by atoms with Gasteiger partial charge in [0.25, 0.3) is 0 Å². The molecule has 4 rings (SSSR count). The van der Waals surface area contributed by atoms with Crippen molar-refractivity contribution in [2.75, 3.05) is 13.2 Å². The number of ether oxygens (including phenoxy) is 1. The Morgan fingerprint density at radius 3 is 2.79 bits per heavy atom. The van der Waals surface area contributed by atoms with E-state index < -0.39 is 0 Å². The minimum atomic E-state index is 0.0860. The molecule has 5 nitrogen and oxygen atoms in total. The molecule has 146 valence electrons. The van der Waals surface area contributed by atoms with Gasteiger partial charge >= 0.3 is 0 Å². The van der Waals surface area contributed by atoms with Crippen molar-refractivity contribution in [3.63, 3.8) is 0 Å². The van der Waals surface area contributed by atoms with Gasteiger partial charge < -0.3 is 19.7 Å². The first-order valence-corrected chi connectivity index (χ1v) is 9.92. The molecule has 1 aliphatic rings. The number of benzene rings is 2. The molecule has 1 unspecified atom stereocenters. The maximum Gasteiger partial charge on any atom is 0.223 e. The highest BCUT2D eigenvalue weighted by atomic mass is 16.5. The van der Waals surface area contributed by atoms with Crippen molar-refractivity contribution < 1.29 is 14.6 Å². The molecule has 1 aliphatic heterocycles. The molecule has 1 fully saturated rings. The molecule has 1 atom stereocenters. The Kier molecular flexibility index (Phi) is 5.63. The Balaban J connectivity index is 1.46. The molecule has 1 amide bonds. The number of carbonyl (C=O) groups excluding carboxylic acids is 1. The Labute approximate surface area is 164 Å². The normalized spacial score (nSPS) is 16.5. The number of phenols is 1. The van der Waals surface area contributed by atoms with Gasteiger partial charge in [-0.15, -0.1) is 0 Å². The maximum absolute atomic E-state index is 13.1. The molecule has 0 radical (unpaired) electrons. The number of hydrogen-bond acceptors (Lipinski definition) is 3. The van der Waals surface area contributed by atoms with E-state index in [2.05, 4.69) is 11.1 Å². The Morgan fingerprint density at radius 1 is 1.14 bits per heavy atom. The fourth-order valence-corrected chi connectivity index (χ4v) is 3.88. The first-order chi connectivity index (χ1) is 13.7. The molecule has 0 aliphatic carbocycles. The standard InChI is InChI=1S/C23H26N2O3/c26-22-10-4-1-6-18(22)15-25(16-19-7-5-13-28-19)23(27)12-11-17-14-24-21-9-3-2-8-20(17)21/h1-4,6,8-10,14,19,24,26H,5,7,11-13,15-16H2. The number of nitrogens with zero attached hydrogens (tertiary/aromatic N) is 1. The van der Waals surface area contributed by atoms with E-state index in [0.717, 1.165) is 36.1 Å². The second kappa shape index (κ2) is 8.48. The number of nitrogens with one attached hydrogen (secondary N) is 1. The van der Waals surface area contributed by atoms with Crippen LogP contribution in [0.1, 0.15) is 30.4 Å². The molecule has 2 aromatic carbocycles. The van der Waals surface area contributed by atoms with Gasteiger partial charge in [-0.3, -0.25) is 4.79 Å². The van der Waals surface area contributed by atoms with Gasteiger partial charge in [-0.2, -0.15) is 0 Å². The van der Waals surface area contributed by atoms with Crippen molar-refractivity contribution in [1.82, 2.24) is 9.88 Å². The zero-order valence-corrected chi connectivity index (χ0v) is 15.9. The van der Waals surface area contributed by atoms with Crippen LogP contribution >= 0.6 is 0 Å². The molecule has 0 bridgehead atoms. The highest BCUT2D eigenvalue weighted by molar-refractivity contribution is 5.84. The van der Waals surface area contributed by atoms with Gasteiger partial charge in [0.05, 0.1) is 6.10 Å². The summed E-state index contributed by atoms with van der Waals surface area (Å²) < 4.78 is 5.75. The van der Waals surface area contributed by atoms with Gasteiger partial charge in [-0.05, 0) is 37.0 Å². The minimum absolute atomic E-state index is 0.0860. The highest BCUT2D eigenvalue weighted by Gasteiger charge is 2.23. The Morgan fingerprint density at radius 2 is 1.96 bits per heavy atom. The van der Waals surface area contributed by atoms with Gasteiger partial charge in [-0.1, -0.05) is 36.4 Å². The van der Waals surface area contributed by atoms with Crippen LogP contribution in [-0.2, 0) is 22.5 Å². The van der Waals surface area contributed by atoms with E-state index >= 15 is 0 Å². The van der Waals surface area contributed by atoms with Crippen LogP contribution in [0, 0.1) is 0 Å². The second-order valence-corrected chi connectivity index (χ2v) is 7.40. The first-order valence-electron chi connectivity index (χ1n) is 9.92. The van der Waals surface area contributed by atoms with E-state index in [9.17, 15) is 9.90 Å². The quantitative estimate of drug-likeness (QED) is 0.653. The number of aromatic hydroxyl groups is 1. The summed E-state index contributed by atoms with van der Waals surface area (Å²) >= 11 is 0. The average Bonchev–Trinajstić information content (AvgIpc) is 3.37. The van der Waals surface area contributed by atoms with Crippen LogP contribution in [0.3, 0.4) is 0 Å². The van der Waals surface area contributed by atoms with E-state index in [1.807, 2.05) is 41.4 Å². The number of aromatic amines is 1. The molecule has 28 heavy (non-hydrogen) atoms. The van der Waals surface area contributed by atoms with E-state index in [4.69, 9.17) is 4.74 Å². The topological polar surface area (TPSA) is 65.6 Å². The van der Waals surface area contributed by atoms with Crippen LogP contribution < -0.4 is 0 Å². The molecule has 0 saturated carbocycles. The molecular formula is C23H26N2O3. The van der Waals surface area contributed by atoms with Crippen molar-refractivity contribution in [3.8, 4) is 5.75 Å². The van der Waals surface area contributed by atoms with E-state index in [1.165, 1.54) is 5.39 Å². The lowest BCUT2D eigenvalue weighted by Crippen LogP contribution is -2.37. The number of hydrogen-bond donors (Lipinski definition) is 2. The second-order valence-electron chi connectivity index (χ2n) is 7.40. The number of fused-ring (bicyclic) bond motifs is 1. The summed E-state index contributed by atoms with van der Waals surface area (Å²) in [5.41, 5.74) is 3.01. The zero-order chi connectivity index (χ0) is 19.3. The molecule has 0 spiro atoms. The van der Waals surface area contributed by atoms with Gasteiger partial charge in [0.1, 0.15) is 5.75 Å². The number of phenolic OH excluding ortho intramolecular Hbond substituents is 1. The monoisotopic (exact) mass is 378 g/mol. The van der Waals surface area contributed by atoms with E-state index in [0.29, 0.717) is 25.9 Å². The van der Waals surface area contributed by atoms with Crippen LogP contribution in [-0.4, -0.2) is 40.2 Å². The molecule has 5 heteroatoms. The predicted molar refractivity (Wildman–Crippen MR) is 109 cm³/mol. The van der Waals surface area contributed by atoms with Crippen molar-refractivity contribution in [2.45, 2.75) is 38.3 Å². The van der Waals surface area contributed by atoms with Crippen molar-refractivity contribution in [2.24, 2.45) is 0 Å². The largest absolute Gasteiger partial charge is 0.508 e. The van der Waals surface area contributed by atoms with Crippen LogP contribution in [0.15, 0.2) is 54.7 Å². The molecule has 1 saturated heterocycles. The number of H-pyrrole nitrogens is 1. The average molecular weight is 378 g/mol. The number of amides is 1. The summed E-state index contributed by atoms with van der Waals surface area (Å²) in [5, 5.41) is 11.3. The number of aryl methyl sites for hydroxylation is 1. The van der Waals surface area contributed by atoms with Gasteiger partial charge in [0.15, 0.2) is 0 Å². The Bertz CT molecular complexity index is 944. The van der Waals surface area contributed by atoms with Gasteiger partial charge in [0, 0.05) is 48.8 Å². The maximum atomic E-state index is 13.1. The van der Waals surface area contributed by atoms with Crippen LogP contribution in [0.25, 0.3) is 10.9 Å². The molecule has 2 heterocycles. The molecular weight excluding hydrogens is 352 g/mol. The fourth-order valence-electron chi connectivity index (χ4n) is 3.88. The van der Waals surface area contributed by atoms with Crippen LogP contribution in [0.5, 0.6) is 5.75 Å². The van der Waals surface area contributed by atoms with Gasteiger partial charge in [0.2, 0.25) is 5.91 Å². The number of rotatable bonds is 7. The summed E-state index contributed by atoms with van der Waals surface area (Å²) in [5.74, 6) is 0.313. The summed E-state index contributed by atoms with van der Waals surface area (Å²) in [6, 6.07) is 15.4. The Hall–Kier alpha value is -2.79. The fraction of sp³-hybridized carbons (Fsp3) is 0.348. The third-order valence-electron chi connectivity index (χ3n) is 5.44. The molecule has 2 N–H and O–H groups in total. The first kappa shape index (κ1) is 18.6. The predicted octanol–water partition coefficient (Wildman–Crippen LogP) is 4.01. The van der Waals surface area contributed by atoms with Crippen molar-refractivity contribution in [3.05, 3.63) is 65.9 Å². The lowest BCUT2D eigenvalue weighted by molar-refractivity contribution is -0.133. The number of para-hydroxylation sites is 2.